The molecule has 0 saturated heterocycles. The molecule has 5 aromatic carbocycles. The van der Waals surface area contributed by atoms with Crippen LogP contribution in [0.1, 0.15) is 39.2 Å². The number of fused-ring (bicyclic) bond motifs is 4. The van der Waals surface area contributed by atoms with Gasteiger partial charge in [-0.25, -0.2) is 4.98 Å². The fourth-order valence-electron chi connectivity index (χ4n) is 6.80. The van der Waals surface area contributed by atoms with Crippen molar-refractivity contribution in [2.75, 3.05) is 16.5 Å². The minimum atomic E-state index is 0. The predicted octanol–water partition coefficient (Wildman–Crippen LogP) is 11.0. The van der Waals surface area contributed by atoms with Crippen LogP contribution in [-0.4, -0.2) is 22.3 Å². The van der Waals surface area contributed by atoms with E-state index in [1.54, 1.807) is 11.8 Å². The first-order chi connectivity index (χ1) is 23.0. The van der Waals surface area contributed by atoms with Gasteiger partial charge < -0.3 is 14.4 Å². The summed E-state index contributed by atoms with van der Waals surface area (Å²) >= 11 is 1.70. The molecule has 0 aliphatic carbocycles. The maximum atomic E-state index is 4.91. The molecule has 48 heavy (non-hydrogen) atoms. The van der Waals surface area contributed by atoms with Crippen molar-refractivity contribution in [3.63, 3.8) is 0 Å². The zero-order chi connectivity index (χ0) is 32.1. The first kappa shape index (κ1) is 32.2. The quantitative estimate of drug-likeness (QED) is 0.150. The zero-order valence-electron chi connectivity index (χ0n) is 27.4. The minimum absolute atomic E-state index is 0. The molecule has 0 fully saturated rings. The molecule has 1 aliphatic rings. The largest absolute Gasteiger partial charge is 2.00 e. The van der Waals surface area contributed by atoms with Crippen molar-refractivity contribution in [3.05, 3.63) is 139 Å². The molecule has 0 bridgehead atoms. The smallest absolute Gasteiger partial charge is 0.349 e. The summed E-state index contributed by atoms with van der Waals surface area (Å²) in [6.45, 7) is 9.81. The van der Waals surface area contributed by atoms with E-state index in [9.17, 15) is 0 Å². The Kier molecular flexibility index (Phi) is 8.93. The Balaban J connectivity index is 0.00000364. The van der Waals surface area contributed by atoms with Gasteiger partial charge in [0.1, 0.15) is 5.82 Å². The van der Waals surface area contributed by atoms with Crippen LogP contribution < -0.4 is 9.80 Å². The molecule has 0 atom stereocenters. The Morgan fingerprint density at radius 1 is 0.708 bits per heavy atom. The summed E-state index contributed by atoms with van der Waals surface area (Å²) in [6, 6.07) is 49.0. The van der Waals surface area contributed by atoms with Gasteiger partial charge in [0.05, 0.1) is 18.0 Å². The van der Waals surface area contributed by atoms with Crippen molar-refractivity contribution in [2.24, 2.45) is 0 Å². The fraction of sp³-hybridized carbons (Fsp3) is 0.167. The number of aromatic nitrogens is 2. The van der Waals surface area contributed by atoms with Crippen LogP contribution in [0.4, 0.5) is 17.1 Å². The monoisotopic (exact) mass is 823 g/mol. The second-order valence-corrected chi connectivity index (χ2v) is 13.8. The van der Waals surface area contributed by atoms with E-state index in [4.69, 9.17) is 4.98 Å². The molecule has 7 aromatic rings. The Bertz CT molecular complexity index is 2260. The number of rotatable bonds is 7. The van der Waals surface area contributed by atoms with Gasteiger partial charge in [-0.05, 0) is 72.2 Å². The SMILES string of the molecule is CC(C)c1ccccc1-c1ccnc(-n2c3[c-]c(Sc4[c-]c(N5CN(C(C)C)c6ccccc65)ccc4)ccc3c3ccccc32)c1.[Pt+2]. The normalized spacial score (nSPS) is 12.7. The molecule has 6 heteroatoms. The molecule has 240 valence electrons. The first-order valence-corrected chi connectivity index (χ1v) is 17.1. The van der Waals surface area contributed by atoms with Crippen molar-refractivity contribution in [1.82, 2.24) is 9.55 Å². The maximum Gasteiger partial charge on any atom is 2.00 e. The van der Waals surface area contributed by atoms with Crippen LogP contribution >= 0.6 is 11.8 Å². The number of para-hydroxylation sites is 3. The average molecular weight is 824 g/mol. The number of benzene rings is 5. The van der Waals surface area contributed by atoms with E-state index in [-0.39, 0.29) is 21.1 Å². The minimum Gasteiger partial charge on any atom is -0.349 e. The molecule has 0 unspecified atom stereocenters. The summed E-state index contributed by atoms with van der Waals surface area (Å²) < 4.78 is 2.26. The average Bonchev–Trinajstić information content (AvgIpc) is 3.65. The number of nitrogens with zero attached hydrogens (tertiary/aromatic N) is 4. The molecule has 8 rings (SSSR count). The predicted molar refractivity (Wildman–Crippen MR) is 197 cm³/mol. The zero-order valence-corrected chi connectivity index (χ0v) is 30.5. The van der Waals surface area contributed by atoms with Crippen LogP contribution in [0.25, 0.3) is 38.8 Å². The number of hydrogen-bond donors (Lipinski definition) is 0. The maximum absolute atomic E-state index is 4.91. The van der Waals surface area contributed by atoms with Crippen LogP contribution in [0.3, 0.4) is 0 Å². The van der Waals surface area contributed by atoms with Crippen molar-refractivity contribution in [1.29, 1.82) is 0 Å². The molecule has 0 spiro atoms. The summed E-state index contributed by atoms with van der Waals surface area (Å²) in [6.07, 6.45) is 1.93. The molecule has 0 amide bonds. The summed E-state index contributed by atoms with van der Waals surface area (Å²) in [4.78, 5) is 11.8. The molecule has 3 heterocycles. The van der Waals surface area contributed by atoms with E-state index >= 15 is 0 Å². The Morgan fingerprint density at radius 2 is 1.46 bits per heavy atom. The summed E-state index contributed by atoms with van der Waals surface area (Å²) in [5, 5.41) is 2.36. The molecule has 0 N–H and O–H groups in total. The number of anilines is 3. The van der Waals surface area contributed by atoms with Crippen LogP contribution in [0.15, 0.2) is 131 Å². The van der Waals surface area contributed by atoms with E-state index in [2.05, 4.69) is 169 Å². The molecular weight excluding hydrogens is 788 g/mol. The van der Waals surface area contributed by atoms with Crippen molar-refractivity contribution >= 4 is 50.6 Å². The summed E-state index contributed by atoms with van der Waals surface area (Å²) in [5.74, 6) is 1.32. The molecule has 0 radical (unpaired) electrons. The molecule has 4 nitrogen and oxygen atoms in total. The standard InChI is InChI=1S/C42H36N4S.Pt/c1-28(2)34-14-5-6-15-35(34)30-22-23-43-42(24-30)46-38-17-8-7-16-36(38)37-21-20-33(26-41(37)46)47-32-13-11-12-31(25-32)45-27-44(29(3)4)39-18-9-10-19-40(39)45;/h5-24,28-29H,27H2,1-4H3;/q-2;+2. The van der Waals surface area contributed by atoms with Gasteiger partial charge in [-0.1, -0.05) is 79.6 Å². The fourth-order valence-corrected chi connectivity index (χ4v) is 7.63. The summed E-state index contributed by atoms with van der Waals surface area (Å²) in [5.41, 5.74) is 9.47. The van der Waals surface area contributed by atoms with E-state index in [1.165, 1.54) is 38.8 Å². The van der Waals surface area contributed by atoms with E-state index in [0.717, 1.165) is 39.0 Å². The van der Waals surface area contributed by atoms with Gasteiger partial charge in [-0.3, -0.25) is 0 Å². The topological polar surface area (TPSA) is 24.3 Å². The third kappa shape index (κ3) is 5.74. The van der Waals surface area contributed by atoms with Gasteiger partial charge in [0.15, 0.2) is 0 Å². The van der Waals surface area contributed by atoms with E-state index in [0.29, 0.717) is 12.0 Å². The van der Waals surface area contributed by atoms with Crippen LogP contribution in [0, 0.1) is 12.1 Å². The molecule has 2 aromatic heterocycles. The summed E-state index contributed by atoms with van der Waals surface area (Å²) in [7, 11) is 0. The van der Waals surface area contributed by atoms with Gasteiger partial charge >= 0.3 is 21.1 Å². The Labute approximate surface area is 301 Å². The number of pyridine rings is 1. The van der Waals surface area contributed by atoms with Crippen molar-refractivity contribution < 1.29 is 21.1 Å². The second kappa shape index (κ2) is 13.3. The van der Waals surface area contributed by atoms with Crippen molar-refractivity contribution in [3.8, 4) is 16.9 Å². The molecular formula is C42H36N4PtS. The van der Waals surface area contributed by atoms with Gasteiger partial charge in [-0.15, -0.1) is 45.1 Å². The van der Waals surface area contributed by atoms with Gasteiger partial charge in [-0.2, -0.15) is 24.3 Å². The first-order valence-electron chi connectivity index (χ1n) is 16.3. The van der Waals surface area contributed by atoms with E-state index in [1.807, 2.05) is 6.20 Å². The van der Waals surface area contributed by atoms with Crippen LogP contribution in [0.5, 0.6) is 0 Å². The third-order valence-electron chi connectivity index (χ3n) is 9.09. The van der Waals surface area contributed by atoms with Crippen LogP contribution in [0.2, 0.25) is 0 Å². The number of hydrogen-bond acceptors (Lipinski definition) is 4. The van der Waals surface area contributed by atoms with Gasteiger partial charge in [0, 0.05) is 17.8 Å². The molecule has 0 saturated carbocycles. The Morgan fingerprint density at radius 3 is 2.29 bits per heavy atom. The van der Waals surface area contributed by atoms with E-state index < -0.39 is 0 Å². The molecule has 1 aliphatic heterocycles. The third-order valence-corrected chi connectivity index (χ3v) is 10.0. The Hall–Kier alpha value is -4.31. The van der Waals surface area contributed by atoms with Gasteiger partial charge in [0.2, 0.25) is 0 Å². The van der Waals surface area contributed by atoms with Crippen molar-refractivity contribution in [2.45, 2.75) is 49.4 Å². The van der Waals surface area contributed by atoms with Crippen LogP contribution in [-0.2, 0) is 21.1 Å². The van der Waals surface area contributed by atoms with Gasteiger partial charge in [0.25, 0.3) is 0 Å². The second-order valence-electron chi connectivity index (χ2n) is 12.7.